The van der Waals surface area contributed by atoms with E-state index in [2.05, 4.69) is 143 Å². The van der Waals surface area contributed by atoms with E-state index >= 15 is 0 Å². The first-order chi connectivity index (χ1) is 19.9. The third-order valence-corrected chi connectivity index (χ3v) is 9.65. The van der Waals surface area contributed by atoms with Gasteiger partial charge in [-0.15, -0.1) is 11.3 Å². The van der Waals surface area contributed by atoms with Crippen LogP contribution in [-0.4, -0.2) is 9.13 Å². The summed E-state index contributed by atoms with van der Waals surface area (Å²) in [7, 11) is 0. The van der Waals surface area contributed by atoms with Crippen LogP contribution in [0.4, 0.5) is 0 Å². The van der Waals surface area contributed by atoms with Gasteiger partial charge in [0.2, 0.25) is 0 Å². The number of nitrogens with zero attached hydrogens (tertiary/aromatic N) is 2. The van der Waals surface area contributed by atoms with E-state index in [0.29, 0.717) is 0 Å². The van der Waals surface area contributed by atoms with E-state index in [1.807, 2.05) is 11.3 Å². The fourth-order valence-electron chi connectivity index (χ4n) is 6.71. The van der Waals surface area contributed by atoms with Gasteiger partial charge in [-0.1, -0.05) is 103 Å². The van der Waals surface area contributed by atoms with Gasteiger partial charge < -0.3 is 9.13 Å². The molecule has 3 heterocycles. The fraction of sp³-hybridized carbons (Fsp3) is 0.0270. The molecule has 0 unspecified atom stereocenters. The summed E-state index contributed by atoms with van der Waals surface area (Å²) in [6, 6.07) is 39.9. The predicted octanol–water partition coefficient (Wildman–Crippen LogP) is 10.2. The Bertz CT molecular complexity index is 2300. The third-order valence-electron chi connectivity index (χ3n) is 8.38. The van der Waals surface area contributed by atoms with Gasteiger partial charge in [-0.2, -0.15) is 0 Å². The zero-order chi connectivity index (χ0) is 26.2. The molecule has 0 fully saturated rings. The Labute approximate surface area is 235 Å². The zero-order valence-corrected chi connectivity index (χ0v) is 22.5. The van der Waals surface area contributed by atoms with Crippen molar-refractivity contribution in [3.63, 3.8) is 0 Å². The van der Waals surface area contributed by atoms with Gasteiger partial charge >= 0.3 is 0 Å². The van der Waals surface area contributed by atoms with Gasteiger partial charge in [0.1, 0.15) is 0 Å². The van der Waals surface area contributed by atoms with Crippen molar-refractivity contribution in [3.05, 3.63) is 139 Å². The summed E-state index contributed by atoms with van der Waals surface area (Å²) in [5, 5.41) is 6.51. The smallest absolute Gasteiger partial charge is 0.0640 e. The van der Waals surface area contributed by atoms with Crippen molar-refractivity contribution in [3.8, 4) is 11.4 Å². The topological polar surface area (TPSA) is 9.86 Å². The zero-order valence-electron chi connectivity index (χ0n) is 21.7. The van der Waals surface area contributed by atoms with Crippen LogP contribution < -0.4 is 0 Å². The van der Waals surface area contributed by atoms with Crippen LogP contribution in [0.15, 0.2) is 127 Å². The molecule has 2 nitrogen and oxygen atoms in total. The van der Waals surface area contributed by atoms with Crippen molar-refractivity contribution in [2.75, 3.05) is 0 Å². The highest BCUT2D eigenvalue weighted by molar-refractivity contribution is 7.26. The summed E-state index contributed by atoms with van der Waals surface area (Å²) in [5.74, 6) is 0. The summed E-state index contributed by atoms with van der Waals surface area (Å²) in [5.41, 5.74) is 8.92. The maximum atomic E-state index is 2.50. The molecule has 0 saturated carbocycles. The molecule has 40 heavy (non-hydrogen) atoms. The Kier molecular flexibility index (Phi) is 4.58. The quantitative estimate of drug-likeness (QED) is 0.211. The Morgan fingerprint density at radius 3 is 1.65 bits per heavy atom. The van der Waals surface area contributed by atoms with Crippen LogP contribution in [0, 0.1) is 0 Å². The minimum absolute atomic E-state index is 0.908. The molecule has 1 aliphatic rings. The minimum Gasteiger partial charge on any atom is -0.311 e. The van der Waals surface area contributed by atoms with Crippen LogP contribution in [0.1, 0.15) is 11.3 Å². The highest BCUT2D eigenvalue weighted by atomic mass is 32.1. The second kappa shape index (κ2) is 8.32. The number of benzene rings is 5. The van der Waals surface area contributed by atoms with Crippen LogP contribution >= 0.6 is 11.3 Å². The van der Waals surface area contributed by atoms with E-state index in [1.54, 1.807) is 0 Å². The minimum atomic E-state index is 0.908. The number of fused-ring (bicyclic) bond motifs is 9. The Morgan fingerprint density at radius 2 is 1.00 bits per heavy atom. The maximum Gasteiger partial charge on any atom is 0.0640 e. The lowest BCUT2D eigenvalue weighted by molar-refractivity contribution is 1.01. The lowest BCUT2D eigenvalue weighted by atomic mass is 10.1. The van der Waals surface area contributed by atoms with Gasteiger partial charge in [0.05, 0.1) is 37.3 Å². The SMILES string of the molecule is C1=CCc2c(c3ccccc3n2-c2cccc3c2sc2c(-n4c5ccccc5c5ccccc54)cccc23)C=C1. The number of hydrogen-bond donors (Lipinski definition) is 0. The van der Waals surface area contributed by atoms with Crippen LogP contribution in [0.25, 0.3) is 70.3 Å². The monoisotopic (exact) mass is 528 g/mol. The van der Waals surface area contributed by atoms with Gasteiger partial charge in [0, 0.05) is 44.6 Å². The van der Waals surface area contributed by atoms with Crippen molar-refractivity contribution in [2.45, 2.75) is 6.42 Å². The lowest BCUT2D eigenvalue weighted by Crippen LogP contribution is -2.00. The molecule has 5 aromatic carbocycles. The first-order valence-corrected chi connectivity index (χ1v) is 14.6. The molecular weight excluding hydrogens is 504 g/mol. The average Bonchev–Trinajstić information content (AvgIpc) is 3.58. The maximum absolute atomic E-state index is 2.50. The van der Waals surface area contributed by atoms with Gasteiger partial charge in [0.15, 0.2) is 0 Å². The average molecular weight is 529 g/mol. The molecule has 0 atom stereocenters. The van der Waals surface area contributed by atoms with Crippen molar-refractivity contribution >= 4 is 70.3 Å². The second-order valence-corrected chi connectivity index (χ2v) is 11.5. The van der Waals surface area contributed by atoms with E-state index < -0.39 is 0 Å². The third kappa shape index (κ3) is 2.93. The van der Waals surface area contributed by atoms with Crippen LogP contribution in [-0.2, 0) is 6.42 Å². The molecule has 0 radical (unpaired) electrons. The molecule has 0 amide bonds. The molecule has 0 N–H and O–H groups in total. The number of rotatable bonds is 2. The normalized spacial score (nSPS) is 13.2. The van der Waals surface area contributed by atoms with Crippen LogP contribution in [0.5, 0.6) is 0 Å². The van der Waals surface area contributed by atoms with Crippen molar-refractivity contribution < 1.29 is 0 Å². The summed E-state index contributed by atoms with van der Waals surface area (Å²) in [6.07, 6.45) is 9.77. The molecule has 0 bridgehead atoms. The molecule has 0 aliphatic heterocycles. The molecule has 8 aromatic rings. The first-order valence-electron chi connectivity index (χ1n) is 13.8. The molecular formula is C37H24N2S. The van der Waals surface area contributed by atoms with Gasteiger partial charge in [-0.25, -0.2) is 0 Å². The van der Waals surface area contributed by atoms with Gasteiger partial charge in [-0.3, -0.25) is 0 Å². The first kappa shape index (κ1) is 22.0. The largest absolute Gasteiger partial charge is 0.311 e. The summed E-state index contributed by atoms with van der Waals surface area (Å²) < 4.78 is 7.60. The van der Waals surface area contributed by atoms with Crippen LogP contribution in [0.2, 0.25) is 0 Å². The molecule has 3 heteroatoms. The predicted molar refractivity (Wildman–Crippen MR) is 172 cm³/mol. The second-order valence-electron chi connectivity index (χ2n) is 10.5. The van der Waals surface area contributed by atoms with E-state index in [1.165, 1.54) is 75.5 Å². The Balaban J connectivity index is 1.39. The van der Waals surface area contributed by atoms with E-state index in [4.69, 9.17) is 0 Å². The van der Waals surface area contributed by atoms with Crippen molar-refractivity contribution in [2.24, 2.45) is 0 Å². The van der Waals surface area contributed by atoms with Crippen molar-refractivity contribution in [1.82, 2.24) is 9.13 Å². The van der Waals surface area contributed by atoms with Crippen LogP contribution in [0.3, 0.4) is 0 Å². The number of aromatic nitrogens is 2. The Morgan fingerprint density at radius 1 is 0.475 bits per heavy atom. The molecule has 9 rings (SSSR count). The number of thiophene rings is 1. The van der Waals surface area contributed by atoms with Crippen molar-refractivity contribution in [1.29, 1.82) is 0 Å². The van der Waals surface area contributed by atoms with Gasteiger partial charge in [-0.05, 0) is 30.3 Å². The molecule has 1 aliphatic carbocycles. The fourth-order valence-corrected chi connectivity index (χ4v) is 8.02. The molecule has 3 aromatic heterocycles. The standard InChI is InChI=1S/C37H24N2S/c1-2-12-24-25-13-4-7-19-31(25)38(30(24)18-3-1)34-22-10-16-28-29-17-11-23-35(37(29)40-36(28)34)39-32-20-8-5-14-26(32)27-15-6-9-21-33(27)39/h1-17,19-23H,18H2. The lowest BCUT2D eigenvalue weighted by Gasteiger charge is -2.12. The summed E-state index contributed by atoms with van der Waals surface area (Å²) in [6.45, 7) is 0. The molecule has 0 saturated heterocycles. The van der Waals surface area contributed by atoms with Gasteiger partial charge in [0.25, 0.3) is 0 Å². The number of para-hydroxylation sites is 3. The van der Waals surface area contributed by atoms with E-state index in [9.17, 15) is 0 Å². The number of hydrogen-bond acceptors (Lipinski definition) is 1. The Hall–Kier alpha value is -4.86. The highest BCUT2D eigenvalue weighted by Gasteiger charge is 2.21. The molecule has 0 spiro atoms. The summed E-state index contributed by atoms with van der Waals surface area (Å²) in [4.78, 5) is 0. The molecule has 188 valence electrons. The van der Waals surface area contributed by atoms with E-state index in [-0.39, 0.29) is 0 Å². The number of allylic oxidation sites excluding steroid dienone is 3. The highest BCUT2D eigenvalue weighted by Crippen LogP contribution is 2.44. The summed E-state index contributed by atoms with van der Waals surface area (Å²) >= 11 is 1.92. The van der Waals surface area contributed by atoms with E-state index in [0.717, 1.165) is 6.42 Å².